The van der Waals surface area contributed by atoms with Crippen molar-refractivity contribution >= 4 is 5.78 Å². The normalized spacial score (nSPS) is 22.4. The number of hydrogen-bond donors (Lipinski definition) is 0. The summed E-state index contributed by atoms with van der Waals surface area (Å²) < 4.78 is 0. The molecular formula is C12H19NO. The molecule has 1 rings (SSSR count). The van der Waals surface area contributed by atoms with Gasteiger partial charge < -0.3 is 0 Å². The molecule has 0 heterocycles. The number of Topliss-reactive ketones (excluding diaryl/α,β-unsaturated/α-hetero) is 1. The van der Waals surface area contributed by atoms with Gasteiger partial charge in [-0.3, -0.25) is 4.79 Å². The van der Waals surface area contributed by atoms with Crippen molar-refractivity contribution in [1.82, 2.24) is 0 Å². The summed E-state index contributed by atoms with van der Waals surface area (Å²) in [6.07, 6.45) is 6.40. The molecule has 0 N–H and O–H groups in total. The second-order valence-corrected chi connectivity index (χ2v) is 4.74. The Hall–Kier alpha value is -0.840. The first kappa shape index (κ1) is 11.2. The van der Waals surface area contributed by atoms with Crippen molar-refractivity contribution in [1.29, 1.82) is 5.26 Å². The van der Waals surface area contributed by atoms with E-state index >= 15 is 0 Å². The average molecular weight is 193 g/mol. The first-order valence-electron chi connectivity index (χ1n) is 5.49. The van der Waals surface area contributed by atoms with E-state index in [-0.39, 0.29) is 5.78 Å². The number of nitriles is 1. The van der Waals surface area contributed by atoms with Crippen LogP contribution in [-0.2, 0) is 4.79 Å². The molecule has 2 nitrogen and oxygen atoms in total. The maximum Gasteiger partial charge on any atom is 0.131 e. The van der Waals surface area contributed by atoms with Gasteiger partial charge in [-0.1, -0.05) is 19.3 Å². The minimum atomic E-state index is -0.410. The molecule has 14 heavy (non-hydrogen) atoms. The van der Waals surface area contributed by atoms with Gasteiger partial charge in [-0.05, 0) is 32.6 Å². The van der Waals surface area contributed by atoms with Crippen molar-refractivity contribution < 1.29 is 4.79 Å². The summed E-state index contributed by atoms with van der Waals surface area (Å²) in [4.78, 5) is 11.1. The highest BCUT2D eigenvalue weighted by Gasteiger charge is 2.35. The van der Waals surface area contributed by atoms with Crippen LogP contribution in [0.3, 0.4) is 0 Å². The molecule has 0 aromatic heterocycles. The van der Waals surface area contributed by atoms with Gasteiger partial charge in [-0.2, -0.15) is 5.26 Å². The van der Waals surface area contributed by atoms with E-state index in [0.29, 0.717) is 12.3 Å². The molecule has 0 bridgehead atoms. The lowest BCUT2D eigenvalue weighted by atomic mass is 9.68. The van der Waals surface area contributed by atoms with E-state index < -0.39 is 5.41 Å². The second-order valence-electron chi connectivity index (χ2n) is 4.74. The van der Waals surface area contributed by atoms with Crippen molar-refractivity contribution in [3.8, 4) is 6.07 Å². The Morgan fingerprint density at radius 1 is 1.43 bits per heavy atom. The Balaban J connectivity index is 2.67. The molecule has 0 aliphatic heterocycles. The van der Waals surface area contributed by atoms with Gasteiger partial charge in [-0.15, -0.1) is 0 Å². The fraction of sp³-hybridized carbons (Fsp3) is 0.833. The number of hydrogen-bond acceptors (Lipinski definition) is 2. The third-order valence-electron chi connectivity index (χ3n) is 3.38. The molecule has 0 radical (unpaired) electrons. The lowest BCUT2D eigenvalue weighted by Gasteiger charge is -2.33. The van der Waals surface area contributed by atoms with Gasteiger partial charge in [-0.25, -0.2) is 0 Å². The molecule has 1 saturated carbocycles. The third kappa shape index (κ3) is 2.57. The van der Waals surface area contributed by atoms with Gasteiger partial charge in [0.05, 0.1) is 11.5 Å². The molecular weight excluding hydrogens is 174 g/mol. The van der Waals surface area contributed by atoms with Crippen LogP contribution < -0.4 is 0 Å². The van der Waals surface area contributed by atoms with Crippen molar-refractivity contribution in [2.45, 2.75) is 52.4 Å². The van der Waals surface area contributed by atoms with Crippen molar-refractivity contribution in [3.63, 3.8) is 0 Å². The SMILES string of the molecule is CC(=O)CC(C)(C#N)C1CCCCC1. The maximum absolute atomic E-state index is 11.1. The van der Waals surface area contributed by atoms with E-state index in [0.717, 1.165) is 12.8 Å². The van der Waals surface area contributed by atoms with Gasteiger partial charge in [0.2, 0.25) is 0 Å². The number of carbonyl (C=O) groups excluding carboxylic acids is 1. The van der Waals surface area contributed by atoms with E-state index in [1.807, 2.05) is 6.92 Å². The van der Waals surface area contributed by atoms with Gasteiger partial charge in [0, 0.05) is 6.42 Å². The van der Waals surface area contributed by atoms with E-state index in [2.05, 4.69) is 6.07 Å². The Kier molecular flexibility index (Phi) is 3.69. The predicted molar refractivity (Wildman–Crippen MR) is 55.6 cm³/mol. The number of carbonyl (C=O) groups is 1. The molecule has 0 aromatic rings. The summed E-state index contributed by atoms with van der Waals surface area (Å²) in [5, 5.41) is 9.18. The number of nitrogens with zero attached hydrogens (tertiary/aromatic N) is 1. The van der Waals surface area contributed by atoms with Gasteiger partial charge in [0.1, 0.15) is 5.78 Å². The zero-order valence-electron chi connectivity index (χ0n) is 9.18. The van der Waals surface area contributed by atoms with E-state index in [4.69, 9.17) is 0 Å². The third-order valence-corrected chi connectivity index (χ3v) is 3.38. The molecule has 1 aliphatic rings. The zero-order chi connectivity index (χ0) is 10.6. The molecule has 1 atom stereocenters. The van der Waals surface area contributed by atoms with Gasteiger partial charge >= 0.3 is 0 Å². The van der Waals surface area contributed by atoms with Crippen LogP contribution in [0.4, 0.5) is 0 Å². The van der Waals surface area contributed by atoms with Crippen LogP contribution >= 0.6 is 0 Å². The highest BCUT2D eigenvalue weighted by Crippen LogP contribution is 2.40. The largest absolute Gasteiger partial charge is 0.300 e. The number of rotatable bonds is 3. The quantitative estimate of drug-likeness (QED) is 0.691. The zero-order valence-corrected chi connectivity index (χ0v) is 9.18. The van der Waals surface area contributed by atoms with Crippen LogP contribution in [0.15, 0.2) is 0 Å². The number of ketones is 1. The van der Waals surface area contributed by atoms with E-state index in [9.17, 15) is 10.1 Å². The monoisotopic (exact) mass is 193 g/mol. The Morgan fingerprint density at radius 2 is 2.00 bits per heavy atom. The van der Waals surface area contributed by atoms with Crippen LogP contribution in [0, 0.1) is 22.7 Å². The Labute approximate surface area is 86.3 Å². The molecule has 0 amide bonds. The molecule has 0 spiro atoms. The molecule has 1 fully saturated rings. The maximum atomic E-state index is 11.1. The van der Waals surface area contributed by atoms with Crippen molar-refractivity contribution in [2.24, 2.45) is 11.3 Å². The fourth-order valence-electron chi connectivity index (χ4n) is 2.53. The highest BCUT2D eigenvalue weighted by molar-refractivity contribution is 5.76. The predicted octanol–water partition coefficient (Wildman–Crippen LogP) is 3.08. The first-order chi connectivity index (χ1) is 6.58. The summed E-state index contributed by atoms with van der Waals surface area (Å²) >= 11 is 0. The van der Waals surface area contributed by atoms with Crippen LogP contribution in [0.25, 0.3) is 0 Å². The summed E-state index contributed by atoms with van der Waals surface area (Å²) in [6, 6.07) is 2.36. The Bertz CT molecular complexity index is 248. The molecule has 0 aromatic carbocycles. The van der Waals surface area contributed by atoms with Crippen LogP contribution in [0.1, 0.15) is 52.4 Å². The standard InChI is InChI=1S/C12H19NO/c1-10(14)8-12(2,9-13)11-6-4-3-5-7-11/h11H,3-8H2,1-2H3. The van der Waals surface area contributed by atoms with Crippen molar-refractivity contribution in [2.75, 3.05) is 0 Å². The summed E-state index contributed by atoms with van der Waals surface area (Å²) in [5.74, 6) is 0.574. The first-order valence-corrected chi connectivity index (χ1v) is 5.49. The Morgan fingerprint density at radius 3 is 2.43 bits per heavy atom. The second kappa shape index (κ2) is 4.59. The minimum absolute atomic E-state index is 0.139. The fourth-order valence-corrected chi connectivity index (χ4v) is 2.53. The molecule has 2 heteroatoms. The highest BCUT2D eigenvalue weighted by atomic mass is 16.1. The van der Waals surface area contributed by atoms with Gasteiger partial charge in [0.15, 0.2) is 0 Å². The average Bonchev–Trinajstić information content (AvgIpc) is 2.18. The van der Waals surface area contributed by atoms with Crippen LogP contribution in [0.2, 0.25) is 0 Å². The minimum Gasteiger partial charge on any atom is -0.300 e. The van der Waals surface area contributed by atoms with Crippen LogP contribution in [-0.4, -0.2) is 5.78 Å². The smallest absolute Gasteiger partial charge is 0.131 e. The lowest BCUT2D eigenvalue weighted by Crippen LogP contribution is -2.29. The van der Waals surface area contributed by atoms with Crippen molar-refractivity contribution in [3.05, 3.63) is 0 Å². The lowest BCUT2D eigenvalue weighted by molar-refractivity contribution is -0.119. The topological polar surface area (TPSA) is 40.9 Å². The van der Waals surface area contributed by atoms with E-state index in [1.54, 1.807) is 6.92 Å². The molecule has 1 unspecified atom stereocenters. The van der Waals surface area contributed by atoms with Crippen LogP contribution in [0.5, 0.6) is 0 Å². The van der Waals surface area contributed by atoms with E-state index in [1.165, 1.54) is 19.3 Å². The molecule has 78 valence electrons. The van der Waals surface area contributed by atoms with Gasteiger partial charge in [0.25, 0.3) is 0 Å². The summed E-state index contributed by atoms with van der Waals surface area (Å²) in [6.45, 7) is 3.53. The molecule has 1 aliphatic carbocycles. The summed E-state index contributed by atoms with van der Waals surface area (Å²) in [5.41, 5.74) is -0.410. The summed E-state index contributed by atoms with van der Waals surface area (Å²) in [7, 11) is 0. The molecule has 0 saturated heterocycles.